The Morgan fingerprint density at radius 3 is 1.35 bits per heavy atom. The molecule has 0 spiro atoms. The minimum Gasteiger partial charge on any atom is -0.390 e. The standard InChI is InChI=1S/C26H38O4S/c1-25(2,27)19-11-9-15-21-13-5-7-17-23(21)31(29,30)24-18-8-6-14-22(24)16-10-12-20-26(3,4)28/h5-8,13-14,17-18,27-28H,9-12,15-16,19-20H2,1-4H3. The lowest BCUT2D eigenvalue weighted by molar-refractivity contribution is 0.0676. The Balaban J connectivity index is 2.19. The van der Waals surface area contributed by atoms with Gasteiger partial charge in [-0.2, -0.15) is 0 Å². The molecule has 0 saturated carbocycles. The summed E-state index contributed by atoms with van der Waals surface area (Å²) >= 11 is 0. The summed E-state index contributed by atoms with van der Waals surface area (Å²) in [5, 5.41) is 19.8. The Hall–Kier alpha value is -1.69. The number of hydrogen-bond acceptors (Lipinski definition) is 4. The first-order valence-corrected chi connectivity index (χ1v) is 12.7. The number of aryl methyl sites for hydroxylation is 2. The molecule has 0 radical (unpaired) electrons. The molecule has 0 aromatic heterocycles. The van der Waals surface area contributed by atoms with Crippen LogP contribution in [0.15, 0.2) is 58.3 Å². The van der Waals surface area contributed by atoms with E-state index in [1.165, 1.54) is 0 Å². The quantitative estimate of drug-likeness (QED) is 0.423. The van der Waals surface area contributed by atoms with Gasteiger partial charge in [-0.3, -0.25) is 0 Å². The van der Waals surface area contributed by atoms with Gasteiger partial charge in [-0.15, -0.1) is 0 Å². The highest BCUT2D eigenvalue weighted by molar-refractivity contribution is 7.91. The fraction of sp³-hybridized carbons (Fsp3) is 0.538. The molecule has 4 nitrogen and oxygen atoms in total. The average molecular weight is 447 g/mol. The first kappa shape index (κ1) is 25.6. The van der Waals surface area contributed by atoms with E-state index in [1.807, 2.05) is 24.3 Å². The normalized spacial score (nSPS) is 12.8. The third-order valence-electron chi connectivity index (χ3n) is 5.49. The summed E-state index contributed by atoms with van der Waals surface area (Å²) in [6.07, 6.45) is 6.05. The Morgan fingerprint density at radius 2 is 1.00 bits per heavy atom. The third-order valence-corrected chi connectivity index (χ3v) is 7.45. The van der Waals surface area contributed by atoms with Crippen molar-refractivity contribution >= 4 is 9.84 Å². The molecule has 2 N–H and O–H groups in total. The maximum absolute atomic E-state index is 13.6. The highest BCUT2D eigenvalue weighted by Gasteiger charge is 2.24. The Bertz CT molecular complexity index is 863. The summed E-state index contributed by atoms with van der Waals surface area (Å²) in [4.78, 5) is 0.754. The monoisotopic (exact) mass is 446 g/mol. The van der Waals surface area contributed by atoms with E-state index in [1.54, 1.807) is 52.0 Å². The van der Waals surface area contributed by atoms with Crippen molar-refractivity contribution in [2.24, 2.45) is 0 Å². The van der Waals surface area contributed by atoms with Crippen molar-refractivity contribution in [3.8, 4) is 0 Å². The van der Waals surface area contributed by atoms with Crippen LogP contribution in [0.4, 0.5) is 0 Å². The van der Waals surface area contributed by atoms with Gasteiger partial charge in [0.25, 0.3) is 0 Å². The lowest BCUT2D eigenvalue weighted by atomic mass is 9.99. The summed E-state index contributed by atoms with van der Waals surface area (Å²) in [7, 11) is -3.63. The minimum atomic E-state index is -3.63. The van der Waals surface area contributed by atoms with E-state index in [-0.39, 0.29) is 0 Å². The van der Waals surface area contributed by atoms with Crippen molar-refractivity contribution in [2.45, 2.75) is 100 Å². The summed E-state index contributed by atoms with van der Waals surface area (Å²) in [6.45, 7) is 7.18. The second-order valence-corrected chi connectivity index (χ2v) is 11.6. The first-order chi connectivity index (χ1) is 14.4. The summed E-state index contributed by atoms with van der Waals surface area (Å²) in [5.41, 5.74) is 0.260. The Kier molecular flexibility index (Phi) is 8.87. The van der Waals surface area contributed by atoms with Gasteiger partial charge in [0.15, 0.2) is 0 Å². The van der Waals surface area contributed by atoms with E-state index in [0.717, 1.165) is 36.8 Å². The molecule has 0 aliphatic heterocycles. The summed E-state index contributed by atoms with van der Waals surface area (Å²) < 4.78 is 27.2. The number of hydrogen-bond donors (Lipinski definition) is 2. The van der Waals surface area contributed by atoms with Gasteiger partial charge in [0.2, 0.25) is 9.84 Å². The van der Waals surface area contributed by atoms with Gasteiger partial charge in [-0.05, 0) is 89.5 Å². The Labute approximate surface area is 188 Å². The van der Waals surface area contributed by atoms with Gasteiger partial charge >= 0.3 is 0 Å². The molecule has 2 aromatic rings. The minimum absolute atomic E-state index is 0.377. The highest BCUT2D eigenvalue weighted by atomic mass is 32.2. The molecule has 0 bridgehead atoms. The third kappa shape index (κ3) is 8.40. The van der Waals surface area contributed by atoms with Gasteiger partial charge in [-0.25, -0.2) is 8.42 Å². The average Bonchev–Trinajstić information content (AvgIpc) is 2.68. The number of sulfone groups is 1. The van der Waals surface area contributed by atoms with Crippen molar-refractivity contribution < 1.29 is 18.6 Å². The van der Waals surface area contributed by atoms with Crippen LogP contribution >= 0.6 is 0 Å². The zero-order valence-corrected chi connectivity index (χ0v) is 20.2. The molecule has 0 amide bonds. The smallest absolute Gasteiger partial charge is 0.207 e. The highest BCUT2D eigenvalue weighted by Crippen LogP contribution is 2.29. The van der Waals surface area contributed by atoms with Gasteiger partial charge in [-0.1, -0.05) is 49.2 Å². The molecule has 172 valence electrons. The molecule has 0 unspecified atom stereocenters. The predicted octanol–water partition coefficient (Wildman–Crippen LogP) is 5.49. The lowest BCUT2D eigenvalue weighted by Gasteiger charge is -2.18. The van der Waals surface area contributed by atoms with Crippen molar-refractivity contribution in [2.75, 3.05) is 0 Å². The maximum atomic E-state index is 13.6. The van der Waals surface area contributed by atoms with Crippen molar-refractivity contribution in [3.05, 3.63) is 59.7 Å². The van der Waals surface area contributed by atoms with Crippen LogP contribution in [0.5, 0.6) is 0 Å². The molecule has 0 heterocycles. The summed E-state index contributed by atoms with van der Waals surface area (Å²) in [6, 6.07) is 14.5. The van der Waals surface area contributed by atoms with E-state index >= 15 is 0 Å². The zero-order valence-electron chi connectivity index (χ0n) is 19.4. The maximum Gasteiger partial charge on any atom is 0.207 e. The van der Waals surface area contributed by atoms with Crippen LogP contribution < -0.4 is 0 Å². The van der Waals surface area contributed by atoms with Gasteiger partial charge in [0, 0.05) is 0 Å². The van der Waals surface area contributed by atoms with E-state index in [4.69, 9.17) is 0 Å². The molecule has 2 rings (SSSR count). The fourth-order valence-electron chi connectivity index (χ4n) is 3.81. The van der Waals surface area contributed by atoms with Crippen molar-refractivity contribution in [3.63, 3.8) is 0 Å². The van der Waals surface area contributed by atoms with Crippen LogP contribution in [0, 0.1) is 0 Å². The SMILES string of the molecule is CC(C)(O)CCCCc1ccccc1S(=O)(=O)c1ccccc1CCCCC(C)(C)O. The fourth-order valence-corrected chi connectivity index (χ4v) is 5.59. The van der Waals surface area contributed by atoms with Crippen LogP contribution in [0.1, 0.15) is 77.3 Å². The van der Waals surface area contributed by atoms with E-state index in [9.17, 15) is 18.6 Å². The molecule has 0 atom stereocenters. The summed E-state index contributed by atoms with van der Waals surface area (Å²) in [5.74, 6) is 0. The van der Waals surface area contributed by atoms with Crippen LogP contribution in [0.2, 0.25) is 0 Å². The van der Waals surface area contributed by atoms with Crippen molar-refractivity contribution in [1.29, 1.82) is 0 Å². The molecule has 0 aliphatic rings. The molecular formula is C26H38O4S. The number of unbranched alkanes of at least 4 members (excludes halogenated alkanes) is 2. The predicted molar refractivity (Wildman–Crippen MR) is 126 cm³/mol. The topological polar surface area (TPSA) is 74.6 Å². The Morgan fingerprint density at radius 1 is 0.645 bits per heavy atom. The first-order valence-electron chi connectivity index (χ1n) is 11.3. The number of aliphatic hydroxyl groups is 2. The van der Waals surface area contributed by atoms with Crippen LogP contribution in [-0.4, -0.2) is 29.8 Å². The molecule has 2 aromatic carbocycles. The van der Waals surface area contributed by atoms with Crippen molar-refractivity contribution in [1.82, 2.24) is 0 Å². The van der Waals surface area contributed by atoms with E-state index in [0.29, 0.717) is 35.5 Å². The molecule has 0 fully saturated rings. The zero-order chi connectivity index (χ0) is 23.1. The van der Waals surface area contributed by atoms with E-state index in [2.05, 4.69) is 0 Å². The molecule has 31 heavy (non-hydrogen) atoms. The van der Waals surface area contributed by atoms with Gasteiger partial charge in [0.05, 0.1) is 21.0 Å². The van der Waals surface area contributed by atoms with Gasteiger partial charge < -0.3 is 10.2 Å². The lowest BCUT2D eigenvalue weighted by Crippen LogP contribution is -2.18. The molecule has 0 aliphatic carbocycles. The molecule has 5 heteroatoms. The van der Waals surface area contributed by atoms with Crippen LogP contribution in [-0.2, 0) is 22.7 Å². The van der Waals surface area contributed by atoms with Gasteiger partial charge in [0.1, 0.15) is 0 Å². The number of rotatable bonds is 12. The molecular weight excluding hydrogens is 408 g/mol. The second-order valence-electron chi connectivity index (χ2n) is 9.76. The van der Waals surface area contributed by atoms with E-state index < -0.39 is 21.0 Å². The number of benzene rings is 2. The van der Waals surface area contributed by atoms with Crippen LogP contribution in [0.25, 0.3) is 0 Å². The van der Waals surface area contributed by atoms with Crippen LogP contribution in [0.3, 0.4) is 0 Å². The molecule has 0 saturated heterocycles. The largest absolute Gasteiger partial charge is 0.390 e. The second kappa shape index (κ2) is 10.8.